The van der Waals surface area contributed by atoms with Crippen molar-refractivity contribution in [2.45, 2.75) is 19.4 Å². The first-order valence-electron chi connectivity index (χ1n) is 5.40. The molecule has 1 atom stereocenters. The van der Waals surface area contributed by atoms with Gasteiger partial charge in [0.15, 0.2) is 0 Å². The number of pyridine rings is 1. The molecule has 0 amide bonds. The van der Waals surface area contributed by atoms with E-state index < -0.39 is 0 Å². The first-order valence-corrected chi connectivity index (χ1v) is 5.94. The fourth-order valence-corrected chi connectivity index (χ4v) is 2.41. The van der Waals surface area contributed by atoms with Crippen LogP contribution in [0.5, 0.6) is 5.75 Å². The number of aryl methyl sites for hydroxylation is 1. The molecule has 2 aromatic rings. The molecule has 2 heterocycles. The summed E-state index contributed by atoms with van der Waals surface area (Å²) in [4.78, 5) is 4.59. The maximum absolute atomic E-state index is 5.88. The number of halogens is 1. The molecule has 0 bridgehead atoms. The average molecular weight is 234 g/mol. The van der Waals surface area contributed by atoms with Crippen LogP contribution in [0.2, 0.25) is 0 Å². The number of nitrogens with zero attached hydrogens (tertiary/aromatic N) is 1. The molecule has 16 heavy (non-hydrogen) atoms. The summed E-state index contributed by atoms with van der Waals surface area (Å²) in [6.07, 6.45) is 0.977. The molecule has 1 aromatic carbocycles. The third-order valence-electron chi connectivity index (χ3n) is 3.04. The SMILES string of the molecule is Cc1nc2ccccc2c2c1CC(CCl)O2. The number of alkyl halides is 1. The van der Waals surface area contributed by atoms with Crippen molar-refractivity contribution in [3.05, 3.63) is 35.5 Å². The predicted molar refractivity (Wildman–Crippen MR) is 65.3 cm³/mol. The van der Waals surface area contributed by atoms with Crippen molar-refractivity contribution < 1.29 is 4.74 Å². The Morgan fingerprint density at radius 3 is 3.06 bits per heavy atom. The zero-order valence-electron chi connectivity index (χ0n) is 9.03. The van der Waals surface area contributed by atoms with Crippen LogP contribution < -0.4 is 4.74 Å². The van der Waals surface area contributed by atoms with Crippen LogP contribution in [0.1, 0.15) is 11.3 Å². The standard InChI is InChI=1S/C13H12ClNO/c1-8-11-6-9(7-14)16-13(11)10-4-2-3-5-12(10)15-8/h2-5,9H,6-7H2,1H3. The van der Waals surface area contributed by atoms with E-state index >= 15 is 0 Å². The molecule has 3 rings (SSSR count). The van der Waals surface area contributed by atoms with Gasteiger partial charge in [0.1, 0.15) is 11.9 Å². The van der Waals surface area contributed by atoms with Gasteiger partial charge < -0.3 is 4.74 Å². The van der Waals surface area contributed by atoms with Crippen LogP contribution in [0, 0.1) is 6.92 Å². The number of rotatable bonds is 1. The van der Waals surface area contributed by atoms with Crippen LogP contribution in [-0.4, -0.2) is 17.0 Å². The highest BCUT2D eigenvalue weighted by Crippen LogP contribution is 2.37. The van der Waals surface area contributed by atoms with Gasteiger partial charge in [-0.25, -0.2) is 0 Å². The third kappa shape index (κ3) is 1.37. The van der Waals surface area contributed by atoms with Crippen LogP contribution >= 0.6 is 11.6 Å². The summed E-state index contributed by atoms with van der Waals surface area (Å²) in [5, 5.41) is 1.09. The lowest BCUT2D eigenvalue weighted by atomic mass is 10.1. The largest absolute Gasteiger partial charge is 0.488 e. The lowest BCUT2D eigenvalue weighted by molar-refractivity contribution is 0.260. The summed E-state index contributed by atoms with van der Waals surface area (Å²) in [6.45, 7) is 2.03. The van der Waals surface area contributed by atoms with Gasteiger partial charge in [-0.15, -0.1) is 11.6 Å². The maximum atomic E-state index is 5.88. The quantitative estimate of drug-likeness (QED) is 0.707. The predicted octanol–water partition coefficient (Wildman–Crippen LogP) is 3.09. The number of aromatic nitrogens is 1. The van der Waals surface area contributed by atoms with E-state index in [9.17, 15) is 0 Å². The van der Waals surface area contributed by atoms with Gasteiger partial charge in [-0.2, -0.15) is 0 Å². The fourth-order valence-electron chi connectivity index (χ4n) is 2.24. The Kier molecular flexibility index (Phi) is 2.25. The van der Waals surface area contributed by atoms with Crippen molar-refractivity contribution in [2.24, 2.45) is 0 Å². The zero-order chi connectivity index (χ0) is 11.1. The summed E-state index contributed by atoms with van der Waals surface area (Å²) in [6, 6.07) is 8.07. The topological polar surface area (TPSA) is 22.1 Å². The Labute approximate surface area is 99.2 Å². The molecular formula is C13H12ClNO. The number of ether oxygens (including phenoxy) is 1. The summed E-state index contributed by atoms with van der Waals surface area (Å²) >= 11 is 5.86. The smallest absolute Gasteiger partial charge is 0.134 e. The van der Waals surface area contributed by atoms with E-state index in [-0.39, 0.29) is 6.10 Å². The number of para-hydroxylation sites is 1. The number of benzene rings is 1. The minimum atomic E-state index is 0.1000. The van der Waals surface area contributed by atoms with E-state index in [1.165, 1.54) is 5.56 Å². The van der Waals surface area contributed by atoms with Crippen molar-refractivity contribution in [3.63, 3.8) is 0 Å². The second-order valence-corrected chi connectivity index (χ2v) is 4.43. The van der Waals surface area contributed by atoms with Crippen molar-refractivity contribution in [3.8, 4) is 5.75 Å². The molecule has 2 nitrogen and oxygen atoms in total. The highest BCUT2D eigenvalue weighted by Gasteiger charge is 2.26. The van der Waals surface area contributed by atoms with Crippen LogP contribution in [-0.2, 0) is 6.42 Å². The Balaban J connectivity index is 2.27. The molecule has 3 heteroatoms. The minimum Gasteiger partial charge on any atom is -0.488 e. The summed E-state index contributed by atoms with van der Waals surface area (Å²) in [5.41, 5.74) is 3.26. The van der Waals surface area contributed by atoms with Crippen molar-refractivity contribution in [1.82, 2.24) is 4.98 Å². The third-order valence-corrected chi connectivity index (χ3v) is 3.38. The number of fused-ring (bicyclic) bond motifs is 3. The molecular weight excluding hydrogens is 222 g/mol. The van der Waals surface area contributed by atoms with Crippen LogP contribution in [0.25, 0.3) is 10.9 Å². The maximum Gasteiger partial charge on any atom is 0.134 e. The molecule has 82 valence electrons. The van der Waals surface area contributed by atoms with Gasteiger partial charge in [-0.05, 0) is 19.1 Å². The van der Waals surface area contributed by atoms with E-state index in [2.05, 4.69) is 11.1 Å². The molecule has 0 spiro atoms. The fraction of sp³-hybridized carbons (Fsp3) is 0.308. The van der Waals surface area contributed by atoms with Gasteiger partial charge in [0.2, 0.25) is 0 Å². The van der Waals surface area contributed by atoms with Crippen molar-refractivity contribution in [1.29, 1.82) is 0 Å². The normalized spacial score (nSPS) is 18.5. The van der Waals surface area contributed by atoms with Crippen molar-refractivity contribution >= 4 is 22.5 Å². The lowest BCUT2D eigenvalue weighted by Crippen LogP contribution is -2.14. The molecule has 0 aliphatic carbocycles. The Morgan fingerprint density at radius 2 is 2.25 bits per heavy atom. The molecule has 1 aliphatic heterocycles. The van der Waals surface area contributed by atoms with E-state index in [1.54, 1.807) is 0 Å². The van der Waals surface area contributed by atoms with Gasteiger partial charge in [0.05, 0.1) is 11.4 Å². The Bertz CT molecular complexity index is 553. The highest BCUT2D eigenvalue weighted by atomic mass is 35.5. The van der Waals surface area contributed by atoms with Gasteiger partial charge in [0, 0.05) is 23.1 Å². The highest BCUT2D eigenvalue weighted by molar-refractivity contribution is 6.18. The van der Waals surface area contributed by atoms with Gasteiger partial charge in [-0.1, -0.05) is 12.1 Å². The van der Waals surface area contributed by atoms with Gasteiger partial charge in [0.25, 0.3) is 0 Å². The molecule has 0 saturated heterocycles. The first-order chi connectivity index (χ1) is 7.79. The van der Waals surface area contributed by atoms with Crippen LogP contribution in [0.15, 0.2) is 24.3 Å². The Morgan fingerprint density at radius 1 is 1.44 bits per heavy atom. The van der Waals surface area contributed by atoms with Crippen molar-refractivity contribution in [2.75, 3.05) is 5.88 Å². The molecule has 1 aliphatic rings. The lowest BCUT2D eigenvalue weighted by Gasteiger charge is -2.08. The van der Waals surface area contributed by atoms with E-state index in [1.807, 2.05) is 25.1 Å². The second-order valence-electron chi connectivity index (χ2n) is 4.12. The molecule has 0 N–H and O–H groups in total. The summed E-state index contributed by atoms with van der Waals surface area (Å²) < 4.78 is 5.88. The zero-order valence-corrected chi connectivity index (χ0v) is 9.79. The van der Waals surface area contributed by atoms with Gasteiger partial charge in [-0.3, -0.25) is 4.98 Å². The second kappa shape index (κ2) is 3.63. The van der Waals surface area contributed by atoms with Crippen LogP contribution in [0.4, 0.5) is 0 Å². The first kappa shape index (κ1) is 9.91. The van der Waals surface area contributed by atoms with E-state index in [4.69, 9.17) is 16.3 Å². The molecule has 0 saturated carbocycles. The molecule has 1 aromatic heterocycles. The Hall–Kier alpha value is -1.28. The summed E-state index contributed by atoms with van der Waals surface area (Å²) in [7, 11) is 0. The molecule has 1 unspecified atom stereocenters. The van der Waals surface area contributed by atoms with E-state index in [0.29, 0.717) is 5.88 Å². The average Bonchev–Trinajstić information content (AvgIpc) is 2.74. The van der Waals surface area contributed by atoms with E-state index in [0.717, 1.165) is 28.8 Å². The summed E-state index contributed by atoms with van der Waals surface area (Å²) in [5.74, 6) is 1.51. The molecule has 0 radical (unpaired) electrons. The monoisotopic (exact) mass is 233 g/mol. The van der Waals surface area contributed by atoms with Gasteiger partial charge >= 0.3 is 0 Å². The number of hydrogen-bond donors (Lipinski definition) is 0. The number of hydrogen-bond acceptors (Lipinski definition) is 2. The minimum absolute atomic E-state index is 0.1000. The molecule has 0 fully saturated rings. The van der Waals surface area contributed by atoms with Crippen LogP contribution in [0.3, 0.4) is 0 Å².